The van der Waals surface area contributed by atoms with Gasteiger partial charge in [0.1, 0.15) is 0 Å². The van der Waals surface area contributed by atoms with E-state index in [0.717, 1.165) is 11.3 Å². The van der Waals surface area contributed by atoms with Gasteiger partial charge in [-0.1, -0.05) is 36.0 Å². The molecule has 0 saturated carbocycles. The van der Waals surface area contributed by atoms with Crippen molar-refractivity contribution in [3.63, 3.8) is 0 Å². The van der Waals surface area contributed by atoms with Gasteiger partial charge in [-0.25, -0.2) is 12.7 Å². The molecule has 1 aromatic heterocycles. The van der Waals surface area contributed by atoms with Crippen LogP contribution in [0.4, 0.5) is 0 Å². The Labute approximate surface area is 199 Å². The Hall–Kier alpha value is -2.69. The molecule has 0 unspecified atom stereocenters. The predicted octanol–water partition coefficient (Wildman–Crippen LogP) is 3.50. The molecule has 0 aliphatic carbocycles. The fourth-order valence-corrected chi connectivity index (χ4v) is 4.84. The van der Waals surface area contributed by atoms with Gasteiger partial charge < -0.3 is 5.32 Å². The van der Waals surface area contributed by atoms with Crippen molar-refractivity contribution in [1.82, 2.24) is 24.4 Å². The summed E-state index contributed by atoms with van der Waals surface area (Å²) in [6.45, 7) is 7.77. The first-order valence-electron chi connectivity index (χ1n) is 10.4. The molecule has 33 heavy (non-hydrogen) atoms. The maximum atomic E-state index is 12.6. The highest BCUT2D eigenvalue weighted by molar-refractivity contribution is 7.99. The molecule has 0 fully saturated rings. The van der Waals surface area contributed by atoms with Crippen LogP contribution in [0.25, 0.3) is 17.1 Å². The van der Waals surface area contributed by atoms with Crippen LogP contribution in [0.15, 0.2) is 58.6 Å². The molecule has 0 saturated heterocycles. The van der Waals surface area contributed by atoms with Crippen LogP contribution >= 0.6 is 11.8 Å². The molecule has 176 valence electrons. The molecule has 0 radical (unpaired) electrons. The number of sulfonamides is 1. The number of nitrogens with zero attached hydrogens (tertiary/aromatic N) is 4. The average molecular weight is 488 g/mol. The van der Waals surface area contributed by atoms with Crippen molar-refractivity contribution in [1.29, 1.82) is 0 Å². The van der Waals surface area contributed by atoms with E-state index >= 15 is 0 Å². The van der Waals surface area contributed by atoms with E-state index in [1.54, 1.807) is 24.3 Å². The van der Waals surface area contributed by atoms with Crippen LogP contribution in [0.5, 0.6) is 0 Å². The number of carbonyl (C=O) groups excluding carboxylic acids is 1. The fraction of sp³-hybridized carbons (Fsp3) is 0.348. The second-order valence-electron chi connectivity index (χ2n) is 8.88. The molecule has 0 spiro atoms. The first kappa shape index (κ1) is 24.9. The summed E-state index contributed by atoms with van der Waals surface area (Å²) in [5, 5.41) is 12.2. The number of rotatable bonds is 7. The van der Waals surface area contributed by atoms with Crippen molar-refractivity contribution in [3.05, 3.63) is 54.1 Å². The van der Waals surface area contributed by atoms with Gasteiger partial charge in [0.2, 0.25) is 15.9 Å². The van der Waals surface area contributed by atoms with Crippen LogP contribution in [-0.2, 0) is 14.8 Å². The molecule has 1 N–H and O–H groups in total. The Kier molecular flexibility index (Phi) is 7.30. The number of nitrogens with one attached hydrogen (secondary N) is 1. The Morgan fingerprint density at radius 3 is 2.42 bits per heavy atom. The summed E-state index contributed by atoms with van der Waals surface area (Å²) in [6, 6.07) is 14.5. The number of aryl methyl sites for hydroxylation is 1. The molecule has 1 heterocycles. The van der Waals surface area contributed by atoms with Crippen molar-refractivity contribution in [2.45, 2.75) is 43.3 Å². The predicted molar refractivity (Wildman–Crippen MR) is 131 cm³/mol. The van der Waals surface area contributed by atoms with E-state index in [2.05, 4.69) is 15.5 Å². The Bertz CT molecular complexity index is 1260. The monoisotopic (exact) mass is 487 g/mol. The zero-order valence-corrected chi connectivity index (χ0v) is 21.3. The van der Waals surface area contributed by atoms with E-state index in [0.29, 0.717) is 16.5 Å². The van der Waals surface area contributed by atoms with E-state index < -0.39 is 10.0 Å². The number of hydrogen-bond acceptors (Lipinski definition) is 6. The van der Waals surface area contributed by atoms with Crippen LogP contribution in [-0.4, -0.2) is 58.8 Å². The van der Waals surface area contributed by atoms with Gasteiger partial charge in [-0.05, 0) is 57.5 Å². The van der Waals surface area contributed by atoms with Gasteiger partial charge in [0.25, 0.3) is 0 Å². The topological polar surface area (TPSA) is 97.2 Å². The van der Waals surface area contributed by atoms with Crippen molar-refractivity contribution in [3.8, 4) is 17.1 Å². The fourth-order valence-electron chi connectivity index (χ4n) is 3.14. The third kappa shape index (κ3) is 6.01. The third-order valence-corrected chi connectivity index (χ3v) is 7.35. The molecule has 3 rings (SSSR count). The van der Waals surface area contributed by atoms with Gasteiger partial charge in [0.15, 0.2) is 11.0 Å². The zero-order chi connectivity index (χ0) is 24.4. The van der Waals surface area contributed by atoms with Gasteiger partial charge in [-0.3, -0.25) is 9.36 Å². The van der Waals surface area contributed by atoms with Crippen molar-refractivity contribution < 1.29 is 13.2 Å². The van der Waals surface area contributed by atoms with Crippen LogP contribution in [0, 0.1) is 6.92 Å². The van der Waals surface area contributed by atoms with Crippen LogP contribution in [0.3, 0.4) is 0 Å². The molecule has 0 bridgehead atoms. The summed E-state index contributed by atoms with van der Waals surface area (Å²) in [4.78, 5) is 12.5. The van der Waals surface area contributed by atoms with Crippen molar-refractivity contribution in [2.24, 2.45) is 0 Å². The number of aromatic nitrogens is 3. The molecule has 0 aliphatic heterocycles. The minimum absolute atomic E-state index is 0.105. The van der Waals surface area contributed by atoms with E-state index in [9.17, 15) is 13.2 Å². The molecule has 1 amide bonds. The van der Waals surface area contributed by atoms with Gasteiger partial charge >= 0.3 is 0 Å². The number of amides is 1. The Balaban J connectivity index is 2.06. The van der Waals surface area contributed by atoms with E-state index in [1.807, 2.05) is 56.5 Å². The number of hydrogen-bond donors (Lipinski definition) is 1. The lowest BCUT2D eigenvalue weighted by Gasteiger charge is -2.20. The molecule has 2 aromatic carbocycles. The summed E-state index contributed by atoms with van der Waals surface area (Å²) in [7, 11) is -0.617. The molecule has 0 aliphatic rings. The second-order valence-corrected chi connectivity index (χ2v) is 12.0. The van der Waals surface area contributed by atoms with Crippen molar-refractivity contribution >= 4 is 27.7 Å². The molecular formula is C23H29N5O3S2. The molecule has 8 nitrogen and oxygen atoms in total. The van der Waals surface area contributed by atoms with Gasteiger partial charge in [-0.15, -0.1) is 10.2 Å². The standard InChI is InChI=1S/C23H29N5O3S2/c1-16-9-7-11-18(13-16)28-21(17-10-8-12-19(14-17)33(30,31)27(5)6)25-26-22(28)32-15-20(29)24-23(2,3)4/h7-14H,15H2,1-6H3,(H,24,29). The smallest absolute Gasteiger partial charge is 0.242 e. The SMILES string of the molecule is Cc1cccc(-n2c(SCC(=O)NC(C)(C)C)nnc2-c2cccc(S(=O)(=O)N(C)C)c2)c1. The lowest BCUT2D eigenvalue weighted by molar-refractivity contribution is -0.119. The minimum Gasteiger partial charge on any atom is -0.351 e. The molecule has 0 atom stereocenters. The van der Waals surface area contributed by atoms with Gasteiger partial charge in [0.05, 0.1) is 10.6 Å². The van der Waals surface area contributed by atoms with Gasteiger partial charge in [0, 0.05) is 30.9 Å². The summed E-state index contributed by atoms with van der Waals surface area (Å²) < 4.78 is 28.3. The highest BCUT2D eigenvalue weighted by atomic mass is 32.2. The number of carbonyl (C=O) groups is 1. The largest absolute Gasteiger partial charge is 0.351 e. The van der Waals surface area contributed by atoms with Crippen LogP contribution in [0.2, 0.25) is 0 Å². The summed E-state index contributed by atoms with van der Waals surface area (Å²) in [6.07, 6.45) is 0. The highest BCUT2D eigenvalue weighted by Gasteiger charge is 2.22. The van der Waals surface area contributed by atoms with Crippen LogP contribution < -0.4 is 5.32 Å². The van der Waals surface area contributed by atoms with E-state index in [4.69, 9.17) is 0 Å². The lowest BCUT2D eigenvalue weighted by atomic mass is 10.1. The summed E-state index contributed by atoms with van der Waals surface area (Å²) >= 11 is 1.28. The zero-order valence-electron chi connectivity index (χ0n) is 19.7. The highest BCUT2D eigenvalue weighted by Crippen LogP contribution is 2.30. The molecular weight excluding hydrogens is 458 g/mol. The summed E-state index contributed by atoms with van der Waals surface area (Å²) in [5.74, 6) is 0.568. The first-order chi connectivity index (χ1) is 15.4. The third-order valence-electron chi connectivity index (χ3n) is 4.61. The first-order valence-corrected chi connectivity index (χ1v) is 12.8. The molecule has 3 aromatic rings. The Morgan fingerprint density at radius 1 is 1.09 bits per heavy atom. The lowest BCUT2D eigenvalue weighted by Crippen LogP contribution is -2.41. The number of thioether (sulfide) groups is 1. The maximum absolute atomic E-state index is 12.6. The van der Waals surface area contributed by atoms with Crippen molar-refractivity contribution in [2.75, 3.05) is 19.8 Å². The summed E-state index contributed by atoms with van der Waals surface area (Å²) in [5.41, 5.74) is 2.16. The van der Waals surface area contributed by atoms with Gasteiger partial charge in [-0.2, -0.15) is 0 Å². The Morgan fingerprint density at radius 2 is 1.79 bits per heavy atom. The van der Waals surface area contributed by atoms with E-state index in [-0.39, 0.29) is 22.1 Å². The van der Waals surface area contributed by atoms with E-state index in [1.165, 1.54) is 30.2 Å². The van der Waals surface area contributed by atoms with Crippen LogP contribution in [0.1, 0.15) is 26.3 Å². The minimum atomic E-state index is -3.61. The number of benzene rings is 2. The average Bonchev–Trinajstić information content (AvgIpc) is 3.15. The normalized spacial score (nSPS) is 12.2. The quantitative estimate of drug-likeness (QED) is 0.513. The maximum Gasteiger partial charge on any atom is 0.242 e. The second kappa shape index (κ2) is 9.66. The molecule has 10 heteroatoms.